The Balaban J connectivity index is 1.68. The van der Waals surface area contributed by atoms with E-state index in [1.54, 1.807) is 19.0 Å². The normalized spacial score (nSPS) is 16.0. The zero-order valence-electron chi connectivity index (χ0n) is 16.0. The molecule has 3 N–H and O–H groups in total. The Hall–Kier alpha value is -2.94. The number of hydrogen-bond acceptors (Lipinski definition) is 7. The molecule has 2 heterocycles. The fraction of sp³-hybridized carbons (Fsp3) is 0.444. The number of rotatable bonds is 4. The van der Waals surface area contributed by atoms with Gasteiger partial charge in [-0.1, -0.05) is 18.2 Å². The monoisotopic (exact) mass is 370 g/mol. The Bertz CT molecular complexity index is 774. The molecule has 0 saturated carbocycles. The predicted molar refractivity (Wildman–Crippen MR) is 105 cm³/mol. The second-order valence-corrected chi connectivity index (χ2v) is 6.74. The number of nitrogens with one attached hydrogen (secondary N) is 1. The van der Waals surface area contributed by atoms with Gasteiger partial charge in [-0.3, -0.25) is 4.90 Å². The van der Waals surface area contributed by atoms with Crippen LogP contribution in [0.3, 0.4) is 0 Å². The number of benzene rings is 1. The van der Waals surface area contributed by atoms with E-state index in [1.165, 1.54) is 0 Å². The summed E-state index contributed by atoms with van der Waals surface area (Å²) in [5.74, 6) is 1.23. The van der Waals surface area contributed by atoms with Crippen LogP contribution < -0.4 is 11.1 Å². The smallest absolute Gasteiger partial charge is 0.319 e. The van der Waals surface area contributed by atoms with Gasteiger partial charge in [0.05, 0.1) is 6.04 Å². The summed E-state index contributed by atoms with van der Waals surface area (Å²) in [4.78, 5) is 30.8. The first kappa shape index (κ1) is 18.8. The second kappa shape index (κ2) is 8.17. The van der Waals surface area contributed by atoms with Gasteiger partial charge < -0.3 is 20.9 Å². The first-order valence-electron chi connectivity index (χ1n) is 8.98. The summed E-state index contributed by atoms with van der Waals surface area (Å²) in [6.07, 6.45) is 0. The highest BCUT2D eigenvalue weighted by Crippen LogP contribution is 2.21. The minimum absolute atomic E-state index is 0.0248. The largest absolute Gasteiger partial charge is 0.368 e. The van der Waals surface area contributed by atoms with Crippen molar-refractivity contribution in [2.24, 2.45) is 0 Å². The number of anilines is 3. The molecule has 9 heteroatoms. The molecule has 1 atom stereocenters. The lowest BCUT2D eigenvalue weighted by Gasteiger charge is -2.38. The van der Waals surface area contributed by atoms with Gasteiger partial charge in [0.15, 0.2) is 5.82 Å². The molecule has 1 aliphatic heterocycles. The molecule has 0 aliphatic carbocycles. The van der Waals surface area contributed by atoms with Gasteiger partial charge in [-0.15, -0.1) is 0 Å². The van der Waals surface area contributed by atoms with Crippen LogP contribution in [0.2, 0.25) is 0 Å². The van der Waals surface area contributed by atoms with Crippen molar-refractivity contribution >= 4 is 23.6 Å². The van der Waals surface area contributed by atoms with Crippen LogP contribution in [0.15, 0.2) is 30.3 Å². The molecule has 2 aromatic rings. The van der Waals surface area contributed by atoms with Crippen LogP contribution in [0.1, 0.15) is 18.8 Å². The molecule has 0 bridgehead atoms. The number of hydrogen-bond donors (Lipinski definition) is 2. The number of urea groups is 1. The SMILES string of the molecule is CC(c1nc(N)nc(Nc2ccccc2)n1)N1CCN(C(=O)N(C)C)CC1. The molecule has 3 rings (SSSR count). The van der Waals surface area contributed by atoms with E-state index in [0.717, 1.165) is 18.8 Å². The highest BCUT2D eigenvalue weighted by molar-refractivity contribution is 5.73. The summed E-state index contributed by atoms with van der Waals surface area (Å²) >= 11 is 0. The Morgan fingerprint density at radius 2 is 1.78 bits per heavy atom. The summed E-state index contributed by atoms with van der Waals surface area (Å²) in [6, 6.07) is 9.70. The highest BCUT2D eigenvalue weighted by atomic mass is 16.2. The third kappa shape index (κ3) is 4.62. The van der Waals surface area contributed by atoms with Crippen LogP contribution in [-0.4, -0.2) is 76.0 Å². The molecule has 1 aromatic carbocycles. The van der Waals surface area contributed by atoms with Crippen molar-refractivity contribution in [3.63, 3.8) is 0 Å². The average Bonchev–Trinajstić information content (AvgIpc) is 2.67. The van der Waals surface area contributed by atoms with Crippen molar-refractivity contribution < 1.29 is 4.79 Å². The van der Waals surface area contributed by atoms with E-state index in [4.69, 9.17) is 5.73 Å². The standard InChI is InChI=1S/C18H26N8O/c1-13(25-9-11-26(12-10-25)18(27)24(2)3)15-21-16(19)23-17(22-15)20-14-7-5-4-6-8-14/h4-8,13H,9-12H2,1-3H3,(H3,19,20,21,22,23). The maximum absolute atomic E-state index is 12.1. The number of nitrogens with zero attached hydrogens (tertiary/aromatic N) is 6. The summed E-state index contributed by atoms with van der Waals surface area (Å²) in [7, 11) is 3.54. The number of piperazine rings is 1. The second-order valence-electron chi connectivity index (χ2n) is 6.74. The van der Waals surface area contributed by atoms with Gasteiger partial charge in [0.2, 0.25) is 11.9 Å². The molecule has 1 unspecified atom stereocenters. The minimum Gasteiger partial charge on any atom is -0.368 e. The molecule has 2 amide bonds. The maximum Gasteiger partial charge on any atom is 0.319 e. The number of amides is 2. The van der Waals surface area contributed by atoms with Gasteiger partial charge in [-0.25, -0.2) is 4.79 Å². The molecule has 0 radical (unpaired) electrons. The zero-order valence-corrected chi connectivity index (χ0v) is 16.0. The fourth-order valence-electron chi connectivity index (χ4n) is 3.05. The molecule has 0 spiro atoms. The maximum atomic E-state index is 12.1. The van der Waals surface area contributed by atoms with Crippen molar-refractivity contribution in [2.75, 3.05) is 51.3 Å². The highest BCUT2D eigenvalue weighted by Gasteiger charge is 2.27. The van der Waals surface area contributed by atoms with Crippen molar-refractivity contribution in [3.8, 4) is 0 Å². The van der Waals surface area contributed by atoms with Gasteiger partial charge >= 0.3 is 6.03 Å². The number of nitrogens with two attached hydrogens (primary N) is 1. The van der Waals surface area contributed by atoms with E-state index in [1.807, 2.05) is 42.2 Å². The van der Waals surface area contributed by atoms with E-state index in [0.29, 0.717) is 24.9 Å². The van der Waals surface area contributed by atoms with Gasteiger partial charge in [0, 0.05) is 46.0 Å². The quantitative estimate of drug-likeness (QED) is 0.842. The molecule has 144 valence electrons. The summed E-state index contributed by atoms with van der Waals surface area (Å²) in [5.41, 5.74) is 6.78. The number of nitrogen functional groups attached to an aromatic ring is 1. The minimum atomic E-state index is -0.0248. The van der Waals surface area contributed by atoms with Gasteiger partial charge in [0.25, 0.3) is 0 Å². The Labute approximate surface area is 159 Å². The molecular weight excluding hydrogens is 344 g/mol. The van der Waals surface area contributed by atoms with Crippen molar-refractivity contribution in [3.05, 3.63) is 36.2 Å². The fourth-order valence-corrected chi connectivity index (χ4v) is 3.05. The Morgan fingerprint density at radius 1 is 1.11 bits per heavy atom. The molecule has 1 aliphatic rings. The molecule has 1 saturated heterocycles. The third-order valence-electron chi connectivity index (χ3n) is 4.59. The van der Waals surface area contributed by atoms with Gasteiger partial charge in [0.1, 0.15) is 0 Å². The van der Waals surface area contributed by atoms with Crippen LogP contribution in [0.4, 0.5) is 22.4 Å². The van der Waals surface area contributed by atoms with E-state index in [9.17, 15) is 4.79 Å². The number of aromatic nitrogens is 3. The summed E-state index contributed by atoms with van der Waals surface area (Å²) < 4.78 is 0. The third-order valence-corrected chi connectivity index (χ3v) is 4.59. The predicted octanol–water partition coefficient (Wildman–Crippen LogP) is 1.56. The topological polar surface area (TPSA) is 104 Å². The number of para-hydroxylation sites is 1. The van der Waals surface area contributed by atoms with E-state index < -0.39 is 0 Å². The van der Waals surface area contributed by atoms with Crippen molar-refractivity contribution in [1.82, 2.24) is 29.7 Å². The van der Waals surface area contributed by atoms with Crippen LogP contribution in [-0.2, 0) is 0 Å². The van der Waals surface area contributed by atoms with Crippen molar-refractivity contribution in [1.29, 1.82) is 0 Å². The molecular formula is C18H26N8O. The molecule has 27 heavy (non-hydrogen) atoms. The van der Waals surface area contributed by atoms with E-state index in [-0.39, 0.29) is 18.0 Å². The number of carbonyl (C=O) groups excluding carboxylic acids is 1. The van der Waals surface area contributed by atoms with Crippen LogP contribution in [0.5, 0.6) is 0 Å². The van der Waals surface area contributed by atoms with E-state index >= 15 is 0 Å². The molecule has 1 fully saturated rings. The lowest BCUT2D eigenvalue weighted by atomic mass is 10.2. The Morgan fingerprint density at radius 3 is 2.41 bits per heavy atom. The molecule has 9 nitrogen and oxygen atoms in total. The van der Waals surface area contributed by atoms with Gasteiger partial charge in [-0.05, 0) is 19.1 Å². The summed E-state index contributed by atoms with van der Waals surface area (Å²) in [6.45, 7) is 4.92. The first-order chi connectivity index (χ1) is 12.9. The molecule has 1 aromatic heterocycles. The zero-order chi connectivity index (χ0) is 19.4. The average molecular weight is 370 g/mol. The van der Waals surface area contributed by atoms with Gasteiger partial charge in [-0.2, -0.15) is 15.0 Å². The summed E-state index contributed by atoms with van der Waals surface area (Å²) in [5, 5.41) is 3.16. The van der Waals surface area contributed by atoms with Crippen LogP contribution in [0.25, 0.3) is 0 Å². The number of carbonyl (C=O) groups is 1. The van der Waals surface area contributed by atoms with Crippen LogP contribution >= 0.6 is 0 Å². The first-order valence-corrected chi connectivity index (χ1v) is 8.98. The van der Waals surface area contributed by atoms with Crippen molar-refractivity contribution in [2.45, 2.75) is 13.0 Å². The lowest BCUT2D eigenvalue weighted by Crippen LogP contribution is -2.52. The Kier molecular flexibility index (Phi) is 5.70. The van der Waals surface area contributed by atoms with Crippen LogP contribution in [0, 0.1) is 0 Å². The lowest BCUT2D eigenvalue weighted by molar-refractivity contribution is 0.0999. The van der Waals surface area contributed by atoms with E-state index in [2.05, 4.69) is 25.2 Å².